The zero-order chi connectivity index (χ0) is 9.19. The Morgan fingerprint density at radius 1 is 0.385 bits per heavy atom. The smallest absolute Gasteiger partial charge is 0.0169 e. The molecule has 0 heterocycles. The molecule has 0 spiro atoms. The molecule has 0 radical (unpaired) electrons. The van der Waals surface area contributed by atoms with Gasteiger partial charge in [-0.25, -0.2) is 0 Å². The highest BCUT2D eigenvalue weighted by Crippen LogP contribution is 1.99. The highest BCUT2D eigenvalue weighted by atomic mass is 13.9. The molecular formula is C13H18. The molecule has 0 fully saturated rings. The SMILES string of the molecule is C1=CCC/C=C/C/C=C/C/C=C/C1. The second-order valence-electron chi connectivity index (χ2n) is 3.17. The maximum atomic E-state index is 2.26. The molecule has 0 nitrogen and oxygen atoms in total. The molecule has 0 bridgehead atoms. The lowest BCUT2D eigenvalue weighted by Crippen LogP contribution is -1.65. The number of hydrogen-bond donors (Lipinski definition) is 0. The van der Waals surface area contributed by atoms with Crippen molar-refractivity contribution in [1.29, 1.82) is 0 Å². The van der Waals surface area contributed by atoms with Crippen molar-refractivity contribution in [2.75, 3.05) is 0 Å². The van der Waals surface area contributed by atoms with Crippen molar-refractivity contribution in [3.05, 3.63) is 48.6 Å². The quantitative estimate of drug-likeness (QED) is 0.483. The van der Waals surface area contributed by atoms with E-state index in [2.05, 4.69) is 48.6 Å². The highest BCUT2D eigenvalue weighted by molar-refractivity contribution is 5.00. The van der Waals surface area contributed by atoms with Crippen LogP contribution in [0.4, 0.5) is 0 Å². The van der Waals surface area contributed by atoms with Crippen LogP contribution >= 0.6 is 0 Å². The van der Waals surface area contributed by atoms with Gasteiger partial charge < -0.3 is 0 Å². The summed E-state index contributed by atoms with van der Waals surface area (Å²) < 4.78 is 0. The van der Waals surface area contributed by atoms with Crippen molar-refractivity contribution in [3.8, 4) is 0 Å². The number of hydrogen-bond acceptors (Lipinski definition) is 0. The lowest BCUT2D eigenvalue weighted by atomic mass is 10.2. The van der Waals surface area contributed by atoms with E-state index in [1.807, 2.05) is 0 Å². The minimum Gasteiger partial charge on any atom is -0.0879 e. The Hall–Kier alpha value is -1.04. The van der Waals surface area contributed by atoms with E-state index >= 15 is 0 Å². The van der Waals surface area contributed by atoms with Crippen LogP contribution in [-0.4, -0.2) is 0 Å². The molecule has 1 rings (SSSR count). The predicted octanol–water partition coefficient (Wildman–Crippen LogP) is 4.18. The van der Waals surface area contributed by atoms with Crippen LogP contribution < -0.4 is 0 Å². The first-order chi connectivity index (χ1) is 6.50. The van der Waals surface area contributed by atoms with Gasteiger partial charge in [-0.15, -0.1) is 0 Å². The van der Waals surface area contributed by atoms with Crippen LogP contribution in [0.15, 0.2) is 48.6 Å². The molecule has 0 aromatic heterocycles. The maximum absolute atomic E-state index is 2.26. The molecule has 0 unspecified atom stereocenters. The highest BCUT2D eigenvalue weighted by Gasteiger charge is 1.78. The molecule has 0 atom stereocenters. The van der Waals surface area contributed by atoms with Crippen molar-refractivity contribution >= 4 is 0 Å². The average molecular weight is 174 g/mol. The first kappa shape index (κ1) is 10.0. The van der Waals surface area contributed by atoms with Gasteiger partial charge in [-0.05, 0) is 32.1 Å². The Labute approximate surface area is 81.4 Å². The van der Waals surface area contributed by atoms with Gasteiger partial charge in [0.05, 0.1) is 0 Å². The van der Waals surface area contributed by atoms with E-state index in [0.717, 1.165) is 19.3 Å². The molecule has 0 aromatic carbocycles. The van der Waals surface area contributed by atoms with Gasteiger partial charge in [0.15, 0.2) is 0 Å². The Morgan fingerprint density at radius 2 is 0.692 bits per heavy atom. The van der Waals surface area contributed by atoms with Crippen molar-refractivity contribution in [3.63, 3.8) is 0 Å². The summed E-state index contributed by atoms with van der Waals surface area (Å²) in [6, 6.07) is 0. The van der Waals surface area contributed by atoms with Gasteiger partial charge in [-0.1, -0.05) is 48.6 Å². The molecule has 0 heteroatoms. The third kappa shape index (κ3) is 6.15. The van der Waals surface area contributed by atoms with Crippen LogP contribution in [0.3, 0.4) is 0 Å². The summed E-state index contributed by atoms with van der Waals surface area (Å²) >= 11 is 0. The normalized spacial score (nSPS) is 26.5. The van der Waals surface area contributed by atoms with Crippen molar-refractivity contribution in [2.24, 2.45) is 0 Å². The van der Waals surface area contributed by atoms with Crippen LogP contribution in [-0.2, 0) is 0 Å². The van der Waals surface area contributed by atoms with E-state index in [1.165, 1.54) is 12.8 Å². The Kier molecular flexibility index (Phi) is 5.87. The maximum Gasteiger partial charge on any atom is -0.0169 e. The average Bonchev–Trinajstić information content (AvgIpc) is 2.18. The molecule has 0 saturated heterocycles. The molecular weight excluding hydrogens is 156 g/mol. The fraction of sp³-hybridized carbons (Fsp3) is 0.385. The van der Waals surface area contributed by atoms with E-state index in [4.69, 9.17) is 0 Å². The predicted molar refractivity (Wildman–Crippen MR) is 59.6 cm³/mol. The second kappa shape index (κ2) is 7.60. The molecule has 0 N–H and O–H groups in total. The molecule has 1 aliphatic carbocycles. The van der Waals surface area contributed by atoms with Crippen molar-refractivity contribution in [2.45, 2.75) is 32.1 Å². The largest absolute Gasteiger partial charge is 0.0879 e. The standard InChI is InChI=1S/C13H18/c1-2-4-6-8-10-12-13-11-9-7-5-3-1/h1-2,5-8,11,13H,3-4,9-10,12H2/b2-1+,7-5+,8-6+,13-11?. The summed E-state index contributed by atoms with van der Waals surface area (Å²) in [4.78, 5) is 0. The summed E-state index contributed by atoms with van der Waals surface area (Å²) in [7, 11) is 0. The van der Waals surface area contributed by atoms with E-state index in [0.29, 0.717) is 0 Å². The molecule has 0 saturated carbocycles. The first-order valence-corrected chi connectivity index (χ1v) is 5.10. The first-order valence-electron chi connectivity index (χ1n) is 5.10. The fourth-order valence-electron chi connectivity index (χ4n) is 1.24. The van der Waals surface area contributed by atoms with Gasteiger partial charge in [0.2, 0.25) is 0 Å². The van der Waals surface area contributed by atoms with Gasteiger partial charge in [0.1, 0.15) is 0 Å². The van der Waals surface area contributed by atoms with Crippen LogP contribution in [0.2, 0.25) is 0 Å². The zero-order valence-electron chi connectivity index (χ0n) is 8.15. The van der Waals surface area contributed by atoms with Crippen molar-refractivity contribution in [1.82, 2.24) is 0 Å². The van der Waals surface area contributed by atoms with Gasteiger partial charge in [0, 0.05) is 0 Å². The van der Waals surface area contributed by atoms with E-state index in [-0.39, 0.29) is 0 Å². The van der Waals surface area contributed by atoms with Crippen molar-refractivity contribution < 1.29 is 0 Å². The molecule has 0 aromatic rings. The van der Waals surface area contributed by atoms with E-state index in [9.17, 15) is 0 Å². The summed E-state index contributed by atoms with van der Waals surface area (Å²) in [6.07, 6.45) is 23.5. The summed E-state index contributed by atoms with van der Waals surface area (Å²) in [5.74, 6) is 0. The summed E-state index contributed by atoms with van der Waals surface area (Å²) in [5.41, 5.74) is 0. The molecule has 13 heavy (non-hydrogen) atoms. The Bertz CT molecular complexity index is 192. The Morgan fingerprint density at radius 3 is 1.08 bits per heavy atom. The van der Waals surface area contributed by atoms with E-state index in [1.54, 1.807) is 0 Å². The number of rotatable bonds is 0. The lowest BCUT2D eigenvalue weighted by Gasteiger charge is -1.85. The Balaban J connectivity index is 2.38. The van der Waals surface area contributed by atoms with Gasteiger partial charge in [0.25, 0.3) is 0 Å². The second-order valence-corrected chi connectivity index (χ2v) is 3.17. The number of allylic oxidation sites excluding steroid dienone is 8. The zero-order valence-corrected chi connectivity index (χ0v) is 8.15. The van der Waals surface area contributed by atoms with Crippen LogP contribution in [0.5, 0.6) is 0 Å². The molecule has 0 amide bonds. The third-order valence-electron chi connectivity index (χ3n) is 1.98. The topological polar surface area (TPSA) is 0 Å². The van der Waals surface area contributed by atoms with E-state index < -0.39 is 0 Å². The van der Waals surface area contributed by atoms with Gasteiger partial charge in [-0.2, -0.15) is 0 Å². The molecule has 70 valence electrons. The lowest BCUT2D eigenvalue weighted by molar-refractivity contribution is 1.04. The fourth-order valence-corrected chi connectivity index (χ4v) is 1.24. The summed E-state index contributed by atoms with van der Waals surface area (Å²) in [5, 5.41) is 0. The van der Waals surface area contributed by atoms with Crippen LogP contribution in [0, 0.1) is 0 Å². The van der Waals surface area contributed by atoms with Crippen LogP contribution in [0.25, 0.3) is 0 Å². The monoisotopic (exact) mass is 174 g/mol. The van der Waals surface area contributed by atoms with Crippen LogP contribution in [0.1, 0.15) is 32.1 Å². The van der Waals surface area contributed by atoms with Gasteiger partial charge in [-0.3, -0.25) is 0 Å². The summed E-state index contributed by atoms with van der Waals surface area (Å²) in [6.45, 7) is 0. The molecule has 1 aliphatic rings. The minimum absolute atomic E-state index is 1.07. The van der Waals surface area contributed by atoms with Gasteiger partial charge >= 0.3 is 0 Å². The minimum atomic E-state index is 1.07. The molecule has 0 aliphatic heterocycles. The third-order valence-corrected chi connectivity index (χ3v) is 1.98.